The highest BCUT2D eigenvalue weighted by Gasteiger charge is 2.31. The first-order valence-corrected chi connectivity index (χ1v) is 8.92. The lowest BCUT2D eigenvalue weighted by Gasteiger charge is -2.10. The van der Waals surface area contributed by atoms with E-state index in [4.69, 9.17) is 4.52 Å². The second kappa shape index (κ2) is 6.83. The van der Waals surface area contributed by atoms with Crippen LogP contribution in [-0.2, 0) is 0 Å². The van der Waals surface area contributed by atoms with Gasteiger partial charge < -0.3 is 9.26 Å². The topological polar surface area (TPSA) is 91.8 Å². The predicted octanol–water partition coefficient (Wildman–Crippen LogP) is 3.67. The number of hydrogen-bond acceptors (Lipinski definition) is 8. The van der Waals surface area contributed by atoms with Gasteiger partial charge in [-0.15, -0.1) is 18.3 Å². The SMILES string of the molecule is C[C@@H](Sc1nnnn1-c1ccc(OC(F)(F)F)cc1)c1nc(C2CC2)no1. The third-order valence-electron chi connectivity index (χ3n) is 3.79. The maximum Gasteiger partial charge on any atom is 0.573 e. The summed E-state index contributed by atoms with van der Waals surface area (Å²) in [4.78, 5) is 4.40. The van der Waals surface area contributed by atoms with Gasteiger partial charge in [0, 0.05) is 5.92 Å². The largest absolute Gasteiger partial charge is 0.573 e. The molecule has 0 unspecified atom stereocenters. The second-order valence-corrected chi connectivity index (χ2v) is 7.25. The molecule has 0 spiro atoms. The van der Waals surface area contributed by atoms with Crippen LogP contribution in [-0.4, -0.2) is 36.7 Å². The van der Waals surface area contributed by atoms with Gasteiger partial charge in [-0.25, -0.2) is 0 Å². The number of benzene rings is 1. The molecule has 1 aliphatic rings. The van der Waals surface area contributed by atoms with Crippen molar-refractivity contribution in [2.24, 2.45) is 0 Å². The molecule has 1 saturated carbocycles. The molecule has 27 heavy (non-hydrogen) atoms. The molecule has 142 valence electrons. The highest BCUT2D eigenvalue weighted by molar-refractivity contribution is 7.99. The Morgan fingerprint density at radius 2 is 2.00 bits per heavy atom. The minimum atomic E-state index is -4.74. The zero-order valence-corrected chi connectivity index (χ0v) is 14.7. The first kappa shape index (κ1) is 17.8. The maximum atomic E-state index is 12.3. The summed E-state index contributed by atoms with van der Waals surface area (Å²) in [7, 11) is 0. The minimum absolute atomic E-state index is 0.192. The fraction of sp³-hybridized carbons (Fsp3) is 0.400. The number of rotatable bonds is 6. The van der Waals surface area contributed by atoms with Gasteiger partial charge in [0.1, 0.15) is 5.75 Å². The third kappa shape index (κ3) is 4.21. The lowest BCUT2D eigenvalue weighted by Crippen LogP contribution is -2.17. The molecule has 0 radical (unpaired) electrons. The Morgan fingerprint density at radius 3 is 2.67 bits per heavy atom. The van der Waals surface area contributed by atoms with Crippen LogP contribution >= 0.6 is 11.8 Å². The molecule has 12 heteroatoms. The van der Waals surface area contributed by atoms with Gasteiger partial charge in [0.05, 0.1) is 10.9 Å². The molecule has 0 bridgehead atoms. The Bertz CT molecular complexity index is 922. The number of ether oxygens (including phenoxy) is 1. The summed E-state index contributed by atoms with van der Waals surface area (Å²) in [6, 6.07) is 5.26. The van der Waals surface area contributed by atoms with Crippen LogP contribution in [0.3, 0.4) is 0 Å². The summed E-state index contributed by atoms with van der Waals surface area (Å²) in [5.41, 5.74) is 0.494. The molecule has 2 heterocycles. The smallest absolute Gasteiger partial charge is 0.406 e. The van der Waals surface area contributed by atoms with E-state index in [1.165, 1.54) is 40.7 Å². The standard InChI is InChI=1S/C15H13F3N6O2S/c1-8(13-19-12(21-26-13)9-2-3-9)27-14-20-22-23-24(14)10-4-6-11(7-5-10)25-15(16,17)18/h4-9H,2-3H2,1H3/t8-/m1/s1. The van der Waals surface area contributed by atoms with Crippen LogP contribution in [0, 0.1) is 0 Å². The molecule has 1 fully saturated rings. The Hall–Kier alpha value is -2.63. The average Bonchev–Trinajstić information content (AvgIpc) is 3.15. The van der Waals surface area contributed by atoms with Gasteiger partial charge in [-0.1, -0.05) is 16.9 Å². The van der Waals surface area contributed by atoms with Crippen LogP contribution in [0.25, 0.3) is 5.69 Å². The number of nitrogens with zero attached hydrogens (tertiary/aromatic N) is 6. The Kier molecular flexibility index (Phi) is 4.50. The molecular weight excluding hydrogens is 385 g/mol. The summed E-state index contributed by atoms with van der Waals surface area (Å²) in [5, 5.41) is 15.7. The van der Waals surface area contributed by atoms with E-state index in [0.717, 1.165) is 18.7 Å². The Balaban J connectivity index is 1.48. The molecular formula is C15H13F3N6O2S. The van der Waals surface area contributed by atoms with E-state index in [1.807, 2.05) is 6.92 Å². The first-order chi connectivity index (χ1) is 12.9. The molecule has 4 rings (SSSR count). The molecule has 0 saturated heterocycles. The van der Waals surface area contributed by atoms with Crippen molar-refractivity contribution in [3.63, 3.8) is 0 Å². The maximum absolute atomic E-state index is 12.3. The van der Waals surface area contributed by atoms with Gasteiger partial charge in [0.25, 0.3) is 0 Å². The summed E-state index contributed by atoms with van der Waals surface area (Å²) in [5.74, 6) is 1.27. The molecule has 0 amide bonds. The van der Waals surface area contributed by atoms with Crippen molar-refractivity contribution >= 4 is 11.8 Å². The number of aromatic nitrogens is 6. The zero-order valence-electron chi connectivity index (χ0n) is 13.9. The highest BCUT2D eigenvalue weighted by Crippen LogP contribution is 2.40. The molecule has 0 N–H and O–H groups in total. The van der Waals surface area contributed by atoms with E-state index in [2.05, 4.69) is 30.4 Å². The van der Waals surface area contributed by atoms with Crippen LogP contribution in [0.2, 0.25) is 0 Å². The van der Waals surface area contributed by atoms with E-state index in [0.29, 0.717) is 22.7 Å². The van der Waals surface area contributed by atoms with E-state index >= 15 is 0 Å². The van der Waals surface area contributed by atoms with Gasteiger partial charge in [0.2, 0.25) is 11.0 Å². The number of halogens is 3. The van der Waals surface area contributed by atoms with Gasteiger partial charge >= 0.3 is 6.36 Å². The fourth-order valence-corrected chi connectivity index (χ4v) is 3.17. The number of thioether (sulfide) groups is 1. The minimum Gasteiger partial charge on any atom is -0.406 e. The van der Waals surface area contributed by atoms with Crippen LogP contribution in [0.15, 0.2) is 33.9 Å². The summed E-state index contributed by atoms with van der Waals surface area (Å²) in [6.45, 7) is 1.88. The average molecular weight is 398 g/mol. The van der Waals surface area contributed by atoms with Gasteiger partial charge in [-0.2, -0.15) is 9.67 Å². The molecule has 8 nitrogen and oxygen atoms in total. The fourth-order valence-electron chi connectivity index (χ4n) is 2.33. The predicted molar refractivity (Wildman–Crippen MR) is 86.4 cm³/mol. The molecule has 1 aliphatic carbocycles. The molecule has 1 aromatic carbocycles. The van der Waals surface area contributed by atoms with E-state index in [9.17, 15) is 13.2 Å². The van der Waals surface area contributed by atoms with Crippen molar-refractivity contribution in [2.75, 3.05) is 0 Å². The van der Waals surface area contributed by atoms with Crippen molar-refractivity contribution in [1.29, 1.82) is 0 Å². The van der Waals surface area contributed by atoms with Crippen LogP contribution in [0.1, 0.15) is 42.6 Å². The lowest BCUT2D eigenvalue weighted by atomic mass is 10.3. The lowest BCUT2D eigenvalue weighted by molar-refractivity contribution is -0.274. The van der Waals surface area contributed by atoms with Gasteiger partial charge in [-0.05, 0) is 54.5 Å². The van der Waals surface area contributed by atoms with Crippen LogP contribution < -0.4 is 4.74 Å². The van der Waals surface area contributed by atoms with Crippen molar-refractivity contribution in [3.8, 4) is 11.4 Å². The monoisotopic (exact) mass is 398 g/mol. The third-order valence-corrected chi connectivity index (χ3v) is 4.81. The van der Waals surface area contributed by atoms with Crippen LogP contribution in [0.5, 0.6) is 5.75 Å². The zero-order chi connectivity index (χ0) is 19.0. The molecule has 2 aromatic heterocycles. The van der Waals surface area contributed by atoms with E-state index in [1.54, 1.807) is 0 Å². The van der Waals surface area contributed by atoms with Crippen molar-refractivity contribution in [3.05, 3.63) is 36.0 Å². The molecule has 0 aliphatic heterocycles. The Labute approximate surface area is 155 Å². The van der Waals surface area contributed by atoms with Crippen molar-refractivity contribution < 1.29 is 22.4 Å². The normalized spacial score (nSPS) is 15.7. The highest BCUT2D eigenvalue weighted by atomic mass is 32.2. The quantitative estimate of drug-likeness (QED) is 0.581. The first-order valence-electron chi connectivity index (χ1n) is 8.04. The van der Waals surface area contributed by atoms with Crippen molar-refractivity contribution in [1.82, 2.24) is 30.3 Å². The summed E-state index contributed by atoms with van der Waals surface area (Å²) < 4.78 is 47.3. The summed E-state index contributed by atoms with van der Waals surface area (Å²) in [6.07, 6.45) is -2.59. The number of alkyl halides is 3. The van der Waals surface area contributed by atoms with Crippen LogP contribution in [0.4, 0.5) is 13.2 Å². The number of hydrogen-bond donors (Lipinski definition) is 0. The number of tetrazole rings is 1. The summed E-state index contributed by atoms with van der Waals surface area (Å²) >= 11 is 1.30. The van der Waals surface area contributed by atoms with E-state index < -0.39 is 6.36 Å². The van der Waals surface area contributed by atoms with Gasteiger partial charge in [0.15, 0.2) is 5.82 Å². The molecule has 1 atom stereocenters. The van der Waals surface area contributed by atoms with E-state index in [-0.39, 0.29) is 11.0 Å². The Morgan fingerprint density at radius 1 is 1.26 bits per heavy atom. The van der Waals surface area contributed by atoms with Crippen molar-refractivity contribution in [2.45, 2.75) is 42.5 Å². The second-order valence-electron chi connectivity index (χ2n) is 5.94. The molecule has 3 aromatic rings. The van der Waals surface area contributed by atoms with Gasteiger partial charge in [-0.3, -0.25) is 0 Å².